The van der Waals surface area contributed by atoms with Crippen molar-refractivity contribution in [3.63, 3.8) is 0 Å². The number of aryl methyl sites for hydroxylation is 1. The number of nitrogens with one attached hydrogen (secondary N) is 2. The molecule has 6 N–H and O–H groups in total. The number of hydrogen-bond donors (Lipinski definition) is 5. The van der Waals surface area contributed by atoms with Crippen LogP contribution in [0, 0.1) is 12.3 Å². The quantitative estimate of drug-likeness (QED) is 0.0644. The van der Waals surface area contributed by atoms with Gasteiger partial charge >= 0.3 is 0 Å². The van der Waals surface area contributed by atoms with Gasteiger partial charge in [0, 0.05) is 94.1 Å². The first-order valence-electron chi connectivity index (χ1n) is 27.2. The Hall–Kier alpha value is -6.45. The number of carbonyl (C=O) groups is 3. The fourth-order valence-corrected chi connectivity index (χ4v) is 12.4. The molecule has 6 atom stereocenters. The monoisotopic (exact) mass is 1070 g/mol. The molecule has 4 saturated heterocycles. The van der Waals surface area contributed by atoms with Crippen molar-refractivity contribution in [2.45, 2.75) is 134 Å². The summed E-state index contributed by atoms with van der Waals surface area (Å²) in [6.45, 7) is 13.6. The predicted molar refractivity (Wildman–Crippen MR) is 294 cm³/mol. The maximum atomic E-state index is 14.2. The van der Waals surface area contributed by atoms with E-state index in [-0.39, 0.29) is 67.7 Å². The molecule has 1 aliphatic carbocycles. The lowest BCUT2D eigenvalue weighted by atomic mass is 9.85. The number of piperazine rings is 1. The van der Waals surface area contributed by atoms with Gasteiger partial charge in [0.25, 0.3) is 0 Å². The first-order valence-corrected chi connectivity index (χ1v) is 28.0. The number of ether oxygens (including phenoxy) is 3. The number of aromatic nitrogens is 4. The van der Waals surface area contributed by atoms with Crippen LogP contribution in [0.4, 0.5) is 17.2 Å². The summed E-state index contributed by atoms with van der Waals surface area (Å²) in [6, 6.07) is 19.6. The summed E-state index contributed by atoms with van der Waals surface area (Å²) < 4.78 is 18.8. The molecule has 2 bridgehead atoms. The van der Waals surface area contributed by atoms with Gasteiger partial charge in [-0.05, 0) is 80.3 Å². The summed E-state index contributed by atoms with van der Waals surface area (Å²) in [7, 11) is 0. The van der Waals surface area contributed by atoms with Gasteiger partial charge in [-0.3, -0.25) is 14.4 Å². The first-order chi connectivity index (χ1) is 37.0. The molecule has 0 spiro atoms. The number of nitrogens with two attached hydrogens (primary N) is 1. The number of carbonyl (C=O) groups excluding carboxylic acids is 3. The highest BCUT2D eigenvalue weighted by Gasteiger charge is 2.45. The van der Waals surface area contributed by atoms with E-state index < -0.39 is 35.4 Å². The lowest BCUT2D eigenvalue weighted by Gasteiger charge is -2.43. The molecule has 4 aliphatic heterocycles. The van der Waals surface area contributed by atoms with Crippen molar-refractivity contribution in [3.05, 3.63) is 89.7 Å². The number of amides is 3. The van der Waals surface area contributed by atoms with Crippen LogP contribution in [0.2, 0.25) is 0 Å². The number of para-hydroxylation sites is 1. The third kappa shape index (κ3) is 12.5. The molecule has 0 radical (unpaired) electrons. The van der Waals surface area contributed by atoms with E-state index in [4.69, 9.17) is 19.9 Å². The predicted octanol–water partition coefficient (Wildman–Crippen LogP) is 5.89. The molecule has 1 saturated carbocycles. The molecule has 5 aliphatic rings. The van der Waals surface area contributed by atoms with Crippen molar-refractivity contribution in [2.24, 2.45) is 5.41 Å². The highest BCUT2D eigenvalue weighted by atomic mass is 32.1. The van der Waals surface area contributed by atoms with Crippen molar-refractivity contribution < 1.29 is 38.8 Å². The Morgan fingerprint density at radius 1 is 0.883 bits per heavy atom. The average Bonchev–Trinajstić information content (AvgIpc) is 4.11. The van der Waals surface area contributed by atoms with Crippen LogP contribution in [0.3, 0.4) is 0 Å². The van der Waals surface area contributed by atoms with Crippen molar-refractivity contribution in [1.29, 1.82) is 0 Å². The van der Waals surface area contributed by atoms with Gasteiger partial charge in [0.05, 0.1) is 58.4 Å². The fourth-order valence-electron chi connectivity index (χ4n) is 11.6. The zero-order valence-electron chi connectivity index (χ0n) is 44.7. The maximum absolute atomic E-state index is 14.2. The van der Waals surface area contributed by atoms with E-state index in [1.165, 1.54) is 4.90 Å². The Bertz CT molecular complexity index is 2860. The van der Waals surface area contributed by atoms with Crippen molar-refractivity contribution in [3.8, 4) is 33.3 Å². The number of phenols is 1. The molecule has 5 aromatic rings. The van der Waals surface area contributed by atoms with Crippen LogP contribution in [0.25, 0.3) is 21.7 Å². The minimum atomic E-state index is -0.945. The van der Waals surface area contributed by atoms with Crippen LogP contribution in [-0.2, 0) is 23.9 Å². The summed E-state index contributed by atoms with van der Waals surface area (Å²) in [6.07, 6.45) is 7.00. The average molecular weight is 1070 g/mol. The third-order valence-corrected chi connectivity index (χ3v) is 16.9. The van der Waals surface area contributed by atoms with E-state index in [0.29, 0.717) is 36.1 Å². The molecule has 2 aromatic carbocycles. The van der Waals surface area contributed by atoms with Gasteiger partial charge < -0.3 is 60.4 Å². The number of aliphatic hydroxyl groups excluding tert-OH is 1. The molecule has 5 fully saturated rings. The third-order valence-electron chi connectivity index (χ3n) is 15.9. The van der Waals surface area contributed by atoms with Gasteiger partial charge in [-0.2, -0.15) is 0 Å². The number of thiazole rings is 1. The second kappa shape index (κ2) is 23.3. The summed E-state index contributed by atoms with van der Waals surface area (Å²) in [5.41, 5.74) is 13.6. The number of nitrogens with zero attached hydrogens (tertiary/aromatic N) is 8. The van der Waals surface area contributed by atoms with Crippen LogP contribution >= 0.6 is 11.3 Å². The number of piperidine rings is 1. The molecule has 19 nitrogen and oxygen atoms in total. The number of anilines is 3. The van der Waals surface area contributed by atoms with Crippen LogP contribution < -0.4 is 30.9 Å². The number of aromatic hydroxyl groups is 1. The highest BCUT2D eigenvalue weighted by molar-refractivity contribution is 7.13. The number of aliphatic hydroxyl groups is 1. The lowest BCUT2D eigenvalue weighted by Crippen LogP contribution is -2.58. The van der Waals surface area contributed by atoms with Crippen molar-refractivity contribution in [1.82, 2.24) is 40.6 Å². The fraction of sp³-hybridized carbons (Fsp3) is 0.526. The summed E-state index contributed by atoms with van der Waals surface area (Å²) in [5.74, 6) is -0.0319. The number of benzene rings is 2. The van der Waals surface area contributed by atoms with Crippen LogP contribution in [0.1, 0.15) is 89.9 Å². The Morgan fingerprint density at radius 2 is 1.62 bits per heavy atom. The van der Waals surface area contributed by atoms with E-state index in [9.17, 15) is 24.6 Å². The molecule has 3 aromatic heterocycles. The van der Waals surface area contributed by atoms with Crippen molar-refractivity contribution >= 4 is 46.3 Å². The Morgan fingerprint density at radius 3 is 2.32 bits per heavy atom. The Balaban J connectivity index is 0.622. The first kappa shape index (κ1) is 53.9. The molecular weight excluding hydrogens is 999 g/mol. The maximum Gasteiger partial charge on any atom is 0.246 e. The second-order valence-electron chi connectivity index (χ2n) is 22.5. The van der Waals surface area contributed by atoms with Gasteiger partial charge in [-0.15, -0.1) is 21.5 Å². The van der Waals surface area contributed by atoms with Gasteiger partial charge in [0.15, 0.2) is 5.82 Å². The highest BCUT2D eigenvalue weighted by Crippen LogP contribution is 2.40. The zero-order valence-corrected chi connectivity index (χ0v) is 45.5. The number of rotatable bonds is 18. The normalized spacial score (nSPS) is 23.6. The minimum Gasteiger partial charge on any atom is -0.507 e. The standard InChI is InChI=1S/C57H73N11O8S/c1-34(36-10-12-37(13-11-36)52-35(2)60-33-77-52)61-55(72)48-25-41(69)31-67(48)56(73)53(57(3,4)5)62-50(71)32-74-23-22-65-20-17-42(18-21-65)75-43-26-44(27-43)76-51-24-38(16-19-59-51)68-39-14-15-40(68)30-66(29-39)47-28-46(63-64-54(47)58)45-8-6-7-9-49(45)70/h6-13,16,19,24,28,33-34,39-44,48,53,69-70H,14-15,17-18,20-23,25-27,29-32H2,1-5H3,(H2,58,64)(H,61,72)(H,62,71)/t34-,39+,40?,41+,43?,44?,48-,53+/m0/s1. The number of phenolic OH excluding ortho intramolecular Hbond substituents is 1. The van der Waals surface area contributed by atoms with E-state index in [1.807, 2.05) is 88.8 Å². The van der Waals surface area contributed by atoms with Crippen LogP contribution in [0.5, 0.6) is 11.6 Å². The second-order valence-corrected chi connectivity index (χ2v) is 23.4. The minimum absolute atomic E-state index is 0.00447. The molecule has 77 heavy (non-hydrogen) atoms. The van der Waals surface area contributed by atoms with E-state index in [0.717, 1.165) is 97.8 Å². The van der Waals surface area contributed by atoms with E-state index >= 15 is 0 Å². The SMILES string of the molecule is Cc1ncsc1-c1ccc([C@H](C)NC(=O)[C@@H]2C[C@@H](O)CN2C(=O)[C@@H](NC(=O)COCCN2CCC(OC3CC(Oc4cc(N5C6CC[C@@H]5CN(c5cc(-c7ccccc7O)nnc5N)C6)ccn4)C3)CC2)C(C)(C)C)cc1. The van der Waals surface area contributed by atoms with Crippen LogP contribution in [-0.4, -0.2) is 159 Å². The number of hydrogen-bond acceptors (Lipinski definition) is 17. The van der Waals surface area contributed by atoms with Crippen LogP contribution in [0.15, 0.2) is 78.4 Å². The summed E-state index contributed by atoms with van der Waals surface area (Å²) in [4.78, 5) is 59.7. The molecule has 10 rings (SSSR count). The van der Waals surface area contributed by atoms with E-state index in [2.05, 4.69) is 57.6 Å². The number of likely N-dealkylation sites (tertiary alicyclic amines) is 2. The largest absolute Gasteiger partial charge is 0.507 e. The lowest BCUT2D eigenvalue weighted by molar-refractivity contribution is -0.144. The summed E-state index contributed by atoms with van der Waals surface area (Å²) >= 11 is 1.58. The van der Waals surface area contributed by atoms with Crippen molar-refractivity contribution in [2.75, 3.05) is 68.0 Å². The molecule has 1 unspecified atom stereocenters. The van der Waals surface area contributed by atoms with Gasteiger partial charge in [0.1, 0.15) is 30.5 Å². The molecule has 410 valence electrons. The van der Waals surface area contributed by atoms with Gasteiger partial charge in [-0.1, -0.05) is 57.2 Å². The van der Waals surface area contributed by atoms with Gasteiger partial charge in [0.2, 0.25) is 23.6 Å². The zero-order chi connectivity index (χ0) is 54.0. The number of β-amino-alcohol motifs (C(OH)–C–C–N with tert-alkyl or cyclic N) is 1. The molecule has 20 heteroatoms. The molecule has 3 amide bonds. The van der Waals surface area contributed by atoms with E-state index in [1.54, 1.807) is 23.5 Å². The van der Waals surface area contributed by atoms with Gasteiger partial charge in [-0.25, -0.2) is 9.97 Å². The number of fused-ring (bicyclic) bond motifs is 2. The molecule has 7 heterocycles. The number of nitrogen functional groups attached to an aromatic ring is 1. The smallest absolute Gasteiger partial charge is 0.246 e. The Kier molecular flexibility index (Phi) is 16.3. The topological polar surface area (TPSA) is 234 Å². The Labute approximate surface area is 454 Å². The molecular formula is C57H73N11O8S. The number of pyridine rings is 1. The summed E-state index contributed by atoms with van der Waals surface area (Å²) in [5, 5.41) is 35.6.